The molecule has 0 aliphatic heterocycles. The summed E-state index contributed by atoms with van der Waals surface area (Å²) in [5.41, 5.74) is 15.6. The van der Waals surface area contributed by atoms with Crippen LogP contribution in [0.5, 0.6) is 0 Å². The molecule has 4 nitrogen and oxygen atoms in total. The molecule has 11 aromatic rings. The maximum absolute atomic E-state index is 5.04. The number of hydrogen-bond donors (Lipinski definition) is 0. The minimum atomic E-state index is 0.718. The van der Waals surface area contributed by atoms with Crippen molar-refractivity contribution in [2.45, 2.75) is 6.92 Å². The zero-order valence-electron chi connectivity index (χ0n) is 31.3. The molecule has 0 saturated heterocycles. The van der Waals surface area contributed by atoms with Crippen molar-refractivity contribution >= 4 is 43.6 Å². The van der Waals surface area contributed by atoms with Crippen LogP contribution in [0.2, 0.25) is 0 Å². The van der Waals surface area contributed by atoms with Crippen molar-refractivity contribution in [3.63, 3.8) is 0 Å². The van der Waals surface area contributed by atoms with E-state index in [9.17, 15) is 0 Å². The minimum absolute atomic E-state index is 0.718. The molecule has 11 rings (SSSR count). The Kier molecular flexibility index (Phi) is 7.68. The maximum Gasteiger partial charge on any atom is 0.160 e. The Morgan fingerprint density at radius 3 is 1.42 bits per heavy atom. The van der Waals surface area contributed by atoms with Gasteiger partial charge in [-0.25, -0.2) is 9.97 Å². The topological polar surface area (TPSA) is 35.6 Å². The summed E-state index contributed by atoms with van der Waals surface area (Å²) >= 11 is 0. The van der Waals surface area contributed by atoms with Gasteiger partial charge in [0.2, 0.25) is 0 Å². The largest absolute Gasteiger partial charge is 0.309 e. The van der Waals surface area contributed by atoms with E-state index in [1.807, 2.05) is 36.4 Å². The van der Waals surface area contributed by atoms with Crippen LogP contribution in [0.4, 0.5) is 0 Å². The summed E-state index contributed by atoms with van der Waals surface area (Å²) in [6.07, 6.45) is 0. The third-order valence-electron chi connectivity index (χ3n) is 11.3. The first-order chi connectivity index (χ1) is 28.2. The molecule has 0 N–H and O–H groups in total. The van der Waals surface area contributed by atoms with Gasteiger partial charge in [0.15, 0.2) is 5.82 Å². The van der Waals surface area contributed by atoms with E-state index in [1.54, 1.807) is 0 Å². The number of aromatic nitrogens is 4. The summed E-state index contributed by atoms with van der Waals surface area (Å²) in [5, 5.41) is 5.01. The highest BCUT2D eigenvalue weighted by Crippen LogP contribution is 2.38. The Bertz CT molecular complexity index is 3170. The van der Waals surface area contributed by atoms with Crippen LogP contribution in [0.3, 0.4) is 0 Å². The number of rotatable bonds is 6. The Morgan fingerprint density at radius 1 is 0.333 bits per heavy atom. The third kappa shape index (κ3) is 5.53. The van der Waals surface area contributed by atoms with Crippen LogP contribution >= 0.6 is 0 Å². The van der Waals surface area contributed by atoms with E-state index < -0.39 is 0 Å². The lowest BCUT2D eigenvalue weighted by molar-refractivity contribution is 1.14. The molecule has 0 radical (unpaired) electrons. The van der Waals surface area contributed by atoms with Gasteiger partial charge in [-0.05, 0) is 78.2 Å². The molecular weight excluding hydrogens is 693 g/mol. The quantitative estimate of drug-likeness (QED) is 0.171. The number of nitrogens with zero attached hydrogens (tertiary/aromatic N) is 4. The molecule has 0 spiro atoms. The number of fused-ring (bicyclic) bond motifs is 6. The van der Waals surface area contributed by atoms with Gasteiger partial charge in [-0.2, -0.15) is 0 Å². The number of benzene rings is 8. The fraction of sp³-hybridized carbons (Fsp3) is 0.0189. The average molecular weight is 729 g/mol. The third-order valence-corrected chi connectivity index (χ3v) is 11.3. The van der Waals surface area contributed by atoms with E-state index in [2.05, 4.69) is 180 Å². The van der Waals surface area contributed by atoms with Gasteiger partial charge in [0.05, 0.1) is 33.5 Å². The van der Waals surface area contributed by atoms with Gasteiger partial charge in [-0.1, -0.05) is 146 Å². The first-order valence-electron chi connectivity index (χ1n) is 19.4. The molecular formula is C53H36N4. The average Bonchev–Trinajstić information content (AvgIpc) is 3.79. The van der Waals surface area contributed by atoms with E-state index in [1.165, 1.54) is 60.4 Å². The lowest BCUT2D eigenvalue weighted by atomic mass is 9.99. The molecule has 0 aliphatic rings. The highest BCUT2D eigenvalue weighted by Gasteiger charge is 2.18. The SMILES string of the molecule is Cc1cc(-c2ccc(-c3cc(-c4ccccc4)nc(-c4ccccc4)n3)cc2)ccc1-n1c2ccccc2c2cc(-n3c4ccccc4c4ccccc43)ccc21. The lowest BCUT2D eigenvalue weighted by Gasteiger charge is -2.14. The minimum Gasteiger partial charge on any atom is -0.309 e. The van der Waals surface area contributed by atoms with Crippen LogP contribution in [-0.4, -0.2) is 19.1 Å². The van der Waals surface area contributed by atoms with Crippen molar-refractivity contribution < 1.29 is 0 Å². The molecule has 268 valence electrons. The van der Waals surface area contributed by atoms with Gasteiger partial charge in [0, 0.05) is 49.6 Å². The van der Waals surface area contributed by atoms with Gasteiger partial charge in [0.25, 0.3) is 0 Å². The van der Waals surface area contributed by atoms with E-state index in [-0.39, 0.29) is 0 Å². The standard InChI is InChI=1S/C53H36N4/c1-35-32-40(36-24-26-38(27-25-36)47-34-46(37-14-4-2-5-15-37)54-53(55-47)39-16-6-3-7-17-39)28-30-48(35)57-51-23-13-10-20-44(51)45-33-41(29-31-52(45)57)56-49-21-11-8-18-42(49)43-19-9-12-22-50(43)56/h2-34H,1H3. The lowest BCUT2D eigenvalue weighted by Crippen LogP contribution is -1.98. The zero-order valence-corrected chi connectivity index (χ0v) is 31.3. The van der Waals surface area contributed by atoms with Crippen molar-refractivity contribution in [1.82, 2.24) is 19.1 Å². The summed E-state index contributed by atoms with van der Waals surface area (Å²) in [6, 6.07) is 71.3. The highest BCUT2D eigenvalue weighted by atomic mass is 15.0. The summed E-state index contributed by atoms with van der Waals surface area (Å²) in [6.45, 7) is 2.22. The Morgan fingerprint density at radius 2 is 0.807 bits per heavy atom. The van der Waals surface area contributed by atoms with Gasteiger partial charge >= 0.3 is 0 Å². The molecule has 0 unspecified atom stereocenters. The summed E-state index contributed by atoms with van der Waals surface area (Å²) in [4.78, 5) is 10.0. The van der Waals surface area contributed by atoms with Crippen molar-refractivity contribution in [3.05, 3.63) is 206 Å². The van der Waals surface area contributed by atoms with Crippen LogP contribution in [0, 0.1) is 6.92 Å². The smallest absolute Gasteiger partial charge is 0.160 e. The summed E-state index contributed by atoms with van der Waals surface area (Å²) < 4.78 is 4.82. The first kappa shape index (κ1) is 32.8. The molecule has 0 atom stereocenters. The van der Waals surface area contributed by atoms with Crippen LogP contribution in [-0.2, 0) is 0 Å². The monoisotopic (exact) mass is 728 g/mol. The number of para-hydroxylation sites is 3. The van der Waals surface area contributed by atoms with E-state index in [4.69, 9.17) is 9.97 Å². The molecule has 8 aromatic carbocycles. The van der Waals surface area contributed by atoms with Crippen LogP contribution < -0.4 is 0 Å². The van der Waals surface area contributed by atoms with Crippen LogP contribution in [0.15, 0.2) is 200 Å². The highest BCUT2D eigenvalue weighted by molar-refractivity contribution is 6.12. The van der Waals surface area contributed by atoms with E-state index in [0.717, 1.165) is 45.2 Å². The van der Waals surface area contributed by atoms with Crippen molar-refractivity contribution in [3.8, 4) is 56.4 Å². The van der Waals surface area contributed by atoms with E-state index in [0.29, 0.717) is 0 Å². The number of aryl methyl sites for hydroxylation is 1. The molecule has 57 heavy (non-hydrogen) atoms. The normalized spacial score (nSPS) is 11.6. The second-order valence-electron chi connectivity index (χ2n) is 14.7. The summed E-state index contributed by atoms with van der Waals surface area (Å²) in [5.74, 6) is 0.718. The fourth-order valence-electron chi connectivity index (χ4n) is 8.55. The van der Waals surface area contributed by atoms with Crippen LogP contribution in [0.1, 0.15) is 5.56 Å². The molecule has 3 heterocycles. The maximum atomic E-state index is 5.04. The molecule has 0 aliphatic carbocycles. The Labute approximate surface area is 330 Å². The van der Waals surface area contributed by atoms with E-state index >= 15 is 0 Å². The molecule has 3 aromatic heterocycles. The van der Waals surface area contributed by atoms with Crippen molar-refractivity contribution in [2.75, 3.05) is 0 Å². The van der Waals surface area contributed by atoms with Gasteiger partial charge < -0.3 is 9.13 Å². The fourth-order valence-corrected chi connectivity index (χ4v) is 8.55. The second-order valence-corrected chi connectivity index (χ2v) is 14.7. The first-order valence-corrected chi connectivity index (χ1v) is 19.4. The van der Waals surface area contributed by atoms with Crippen molar-refractivity contribution in [2.24, 2.45) is 0 Å². The second kappa shape index (κ2) is 13.3. The van der Waals surface area contributed by atoms with Crippen LogP contribution in [0.25, 0.3) is 100 Å². The molecule has 0 fully saturated rings. The summed E-state index contributed by atoms with van der Waals surface area (Å²) in [7, 11) is 0. The van der Waals surface area contributed by atoms with Gasteiger partial charge in [-0.3, -0.25) is 0 Å². The molecule has 4 heteroatoms. The molecule has 0 amide bonds. The predicted molar refractivity (Wildman–Crippen MR) is 237 cm³/mol. The van der Waals surface area contributed by atoms with Gasteiger partial charge in [0.1, 0.15) is 0 Å². The molecule has 0 saturated carbocycles. The molecule has 0 bridgehead atoms. The Balaban J connectivity index is 0.971. The number of hydrogen-bond acceptors (Lipinski definition) is 2. The predicted octanol–water partition coefficient (Wildman–Crippen LogP) is 13.6. The zero-order chi connectivity index (χ0) is 37.9. The van der Waals surface area contributed by atoms with Crippen molar-refractivity contribution in [1.29, 1.82) is 0 Å². The Hall–Kier alpha value is -7.56. The van der Waals surface area contributed by atoms with Gasteiger partial charge in [-0.15, -0.1) is 0 Å².